The molecule has 2 aromatic heterocycles. The zero-order valence-corrected chi connectivity index (χ0v) is 20.3. The topological polar surface area (TPSA) is 106 Å². The first-order valence-corrected chi connectivity index (χ1v) is 12.3. The molecule has 1 atom stereocenters. The van der Waals surface area contributed by atoms with Crippen molar-refractivity contribution in [3.05, 3.63) is 51.6 Å². The zero-order valence-electron chi connectivity index (χ0n) is 20.3. The van der Waals surface area contributed by atoms with Gasteiger partial charge >= 0.3 is 5.97 Å². The van der Waals surface area contributed by atoms with E-state index in [1.54, 1.807) is 11.6 Å². The predicted octanol–water partition coefficient (Wildman–Crippen LogP) is 3.67. The van der Waals surface area contributed by atoms with Crippen LogP contribution in [-0.2, 0) is 22.6 Å². The van der Waals surface area contributed by atoms with Crippen LogP contribution in [0.4, 0.5) is 0 Å². The number of carbonyl (C=O) groups is 1. The van der Waals surface area contributed by atoms with Gasteiger partial charge in [0.2, 0.25) is 0 Å². The van der Waals surface area contributed by atoms with Gasteiger partial charge in [0.1, 0.15) is 6.54 Å². The van der Waals surface area contributed by atoms with Crippen molar-refractivity contribution in [2.24, 2.45) is 0 Å². The summed E-state index contributed by atoms with van der Waals surface area (Å²) in [6.07, 6.45) is 6.23. The van der Waals surface area contributed by atoms with Gasteiger partial charge in [-0.1, -0.05) is 44.4 Å². The molecule has 0 radical (unpaired) electrons. The van der Waals surface area contributed by atoms with Crippen molar-refractivity contribution in [2.75, 3.05) is 6.61 Å². The molecule has 34 heavy (non-hydrogen) atoms. The molecule has 1 aromatic carbocycles. The largest absolute Gasteiger partial charge is 0.465 e. The minimum atomic E-state index is -0.361. The maximum Gasteiger partial charge on any atom is 0.327 e. The van der Waals surface area contributed by atoms with Crippen molar-refractivity contribution in [3.63, 3.8) is 0 Å². The molecule has 0 aliphatic heterocycles. The molecule has 1 aliphatic rings. The third-order valence-electron chi connectivity index (χ3n) is 6.72. The van der Waals surface area contributed by atoms with E-state index in [0.29, 0.717) is 25.0 Å². The SMILES string of the molecule is CCC[C@H](c1nnnn1CC(=O)OCC)N(Cc1cc2cccc(C)c2[nH]c1=O)C1CCCC1. The summed E-state index contributed by atoms with van der Waals surface area (Å²) in [5.74, 6) is 0.287. The lowest BCUT2D eigenvalue weighted by molar-refractivity contribution is -0.144. The average Bonchev–Trinajstić information content (AvgIpc) is 3.50. The van der Waals surface area contributed by atoms with Gasteiger partial charge in [0.25, 0.3) is 5.56 Å². The van der Waals surface area contributed by atoms with E-state index in [0.717, 1.165) is 47.7 Å². The third-order valence-corrected chi connectivity index (χ3v) is 6.72. The number of benzene rings is 1. The fourth-order valence-corrected chi connectivity index (χ4v) is 5.08. The first-order valence-electron chi connectivity index (χ1n) is 12.3. The van der Waals surface area contributed by atoms with Crippen LogP contribution in [0.1, 0.15) is 75.4 Å². The van der Waals surface area contributed by atoms with E-state index in [4.69, 9.17) is 4.74 Å². The van der Waals surface area contributed by atoms with Crippen molar-refractivity contribution >= 4 is 16.9 Å². The Morgan fingerprint density at radius 1 is 1.29 bits per heavy atom. The van der Waals surface area contributed by atoms with E-state index in [9.17, 15) is 9.59 Å². The van der Waals surface area contributed by atoms with Crippen LogP contribution in [0.2, 0.25) is 0 Å². The van der Waals surface area contributed by atoms with E-state index < -0.39 is 0 Å². The number of hydrogen-bond donors (Lipinski definition) is 1. The predicted molar refractivity (Wildman–Crippen MR) is 129 cm³/mol. The molecule has 0 unspecified atom stereocenters. The van der Waals surface area contributed by atoms with Crippen LogP contribution in [0.3, 0.4) is 0 Å². The molecule has 0 amide bonds. The van der Waals surface area contributed by atoms with Crippen molar-refractivity contribution < 1.29 is 9.53 Å². The Labute approximate surface area is 199 Å². The van der Waals surface area contributed by atoms with Crippen molar-refractivity contribution in [1.29, 1.82) is 0 Å². The van der Waals surface area contributed by atoms with Gasteiger partial charge in [0, 0.05) is 18.2 Å². The number of H-pyrrole nitrogens is 1. The number of aromatic amines is 1. The molecule has 0 saturated heterocycles. The Bertz CT molecular complexity index is 1180. The quantitative estimate of drug-likeness (QED) is 0.454. The smallest absolute Gasteiger partial charge is 0.327 e. The standard InChI is InChI=1S/C25H34N6O3/c1-4-9-21(24-27-28-29-31(24)16-22(32)34-5-2)30(20-12-6-7-13-20)15-19-14-18-11-8-10-17(3)23(18)26-25(19)33/h8,10-11,14,20-21H,4-7,9,12-13,15-16H2,1-3H3,(H,26,33)/t21-/m1/s1. The highest BCUT2D eigenvalue weighted by molar-refractivity contribution is 5.81. The number of para-hydroxylation sites is 1. The highest BCUT2D eigenvalue weighted by Crippen LogP contribution is 2.34. The lowest BCUT2D eigenvalue weighted by Gasteiger charge is -2.35. The van der Waals surface area contributed by atoms with Crippen LogP contribution in [0, 0.1) is 6.92 Å². The number of nitrogens with zero attached hydrogens (tertiary/aromatic N) is 5. The number of rotatable bonds is 10. The number of aryl methyl sites for hydroxylation is 1. The van der Waals surface area contributed by atoms with Crippen LogP contribution in [0.5, 0.6) is 0 Å². The van der Waals surface area contributed by atoms with Gasteiger partial charge in [-0.25, -0.2) is 4.68 Å². The first-order chi connectivity index (χ1) is 16.5. The van der Waals surface area contributed by atoms with Crippen LogP contribution in [0.25, 0.3) is 10.9 Å². The average molecular weight is 467 g/mol. The number of ether oxygens (including phenoxy) is 1. The normalized spacial score (nSPS) is 15.3. The Kier molecular flexibility index (Phi) is 7.72. The van der Waals surface area contributed by atoms with Gasteiger partial charge in [0.15, 0.2) is 5.82 Å². The van der Waals surface area contributed by atoms with Crippen molar-refractivity contribution in [2.45, 2.75) is 84.5 Å². The minimum Gasteiger partial charge on any atom is -0.465 e. The summed E-state index contributed by atoms with van der Waals surface area (Å²) in [4.78, 5) is 30.7. The number of carbonyl (C=O) groups excluding carboxylic acids is 1. The van der Waals surface area contributed by atoms with E-state index in [1.165, 1.54) is 12.8 Å². The Hall–Kier alpha value is -3.07. The second-order valence-electron chi connectivity index (χ2n) is 9.08. The summed E-state index contributed by atoms with van der Waals surface area (Å²) >= 11 is 0. The number of esters is 1. The Morgan fingerprint density at radius 2 is 2.09 bits per heavy atom. The van der Waals surface area contributed by atoms with E-state index in [2.05, 4.69) is 32.3 Å². The molecule has 3 aromatic rings. The molecule has 9 heteroatoms. The number of fused-ring (bicyclic) bond motifs is 1. The highest BCUT2D eigenvalue weighted by atomic mass is 16.5. The fourth-order valence-electron chi connectivity index (χ4n) is 5.08. The molecular weight excluding hydrogens is 432 g/mol. The summed E-state index contributed by atoms with van der Waals surface area (Å²) in [5, 5.41) is 13.3. The summed E-state index contributed by atoms with van der Waals surface area (Å²) < 4.78 is 6.67. The number of hydrogen-bond acceptors (Lipinski definition) is 7. The van der Waals surface area contributed by atoms with Crippen LogP contribution in [-0.4, -0.2) is 48.7 Å². The summed E-state index contributed by atoms with van der Waals surface area (Å²) in [7, 11) is 0. The third kappa shape index (κ3) is 5.19. The molecule has 0 bridgehead atoms. The number of aromatic nitrogens is 5. The van der Waals surface area contributed by atoms with Crippen LogP contribution in [0.15, 0.2) is 29.1 Å². The molecule has 1 saturated carbocycles. The van der Waals surface area contributed by atoms with Gasteiger partial charge in [0.05, 0.1) is 18.2 Å². The van der Waals surface area contributed by atoms with Gasteiger partial charge in [-0.3, -0.25) is 14.5 Å². The maximum atomic E-state index is 13.1. The van der Waals surface area contributed by atoms with Crippen LogP contribution < -0.4 is 5.56 Å². The maximum absolute atomic E-state index is 13.1. The molecule has 9 nitrogen and oxygen atoms in total. The van der Waals surface area contributed by atoms with Gasteiger partial charge < -0.3 is 9.72 Å². The number of nitrogens with one attached hydrogen (secondary N) is 1. The summed E-state index contributed by atoms with van der Waals surface area (Å²) in [6.45, 7) is 6.70. The minimum absolute atomic E-state index is 0.0231. The fraction of sp³-hybridized carbons (Fsp3) is 0.560. The molecular formula is C25H34N6O3. The van der Waals surface area contributed by atoms with E-state index in [-0.39, 0.29) is 24.1 Å². The zero-order chi connectivity index (χ0) is 24.1. The van der Waals surface area contributed by atoms with Gasteiger partial charge in [-0.15, -0.1) is 5.10 Å². The first kappa shape index (κ1) is 24.1. The van der Waals surface area contributed by atoms with Crippen molar-refractivity contribution in [1.82, 2.24) is 30.1 Å². The molecule has 0 spiro atoms. The molecule has 4 rings (SSSR count). The molecule has 182 valence electrons. The second-order valence-corrected chi connectivity index (χ2v) is 9.08. The second kappa shape index (κ2) is 10.9. The molecule has 1 N–H and O–H groups in total. The molecule has 2 heterocycles. The van der Waals surface area contributed by atoms with Gasteiger partial charge in [-0.05, 0) is 60.6 Å². The molecule has 1 fully saturated rings. The van der Waals surface area contributed by atoms with Crippen LogP contribution >= 0.6 is 0 Å². The highest BCUT2D eigenvalue weighted by Gasteiger charge is 2.33. The summed E-state index contributed by atoms with van der Waals surface area (Å²) in [5.41, 5.74) is 2.60. The van der Waals surface area contributed by atoms with E-state index in [1.807, 2.05) is 31.2 Å². The number of tetrazole rings is 1. The van der Waals surface area contributed by atoms with Crippen molar-refractivity contribution in [3.8, 4) is 0 Å². The lowest BCUT2D eigenvalue weighted by atomic mass is 10.0. The Balaban J connectivity index is 1.71. The Morgan fingerprint density at radius 3 is 2.82 bits per heavy atom. The molecule has 1 aliphatic carbocycles. The lowest BCUT2D eigenvalue weighted by Crippen LogP contribution is -2.39. The monoisotopic (exact) mass is 466 g/mol. The van der Waals surface area contributed by atoms with E-state index >= 15 is 0 Å². The van der Waals surface area contributed by atoms with Gasteiger partial charge in [-0.2, -0.15) is 0 Å². The summed E-state index contributed by atoms with van der Waals surface area (Å²) in [6, 6.07) is 8.28. The number of pyridine rings is 1.